The molecule has 0 spiro atoms. The van der Waals surface area contributed by atoms with Crippen LogP contribution in [-0.4, -0.2) is 123 Å². The summed E-state index contributed by atoms with van der Waals surface area (Å²) in [6, 6.07) is 43.3. The molecule has 4 aromatic rings. The first-order valence-corrected chi connectivity index (χ1v) is 28.6. The van der Waals surface area contributed by atoms with Crippen molar-refractivity contribution in [3.05, 3.63) is 155 Å². The first-order chi connectivity index (χ1) is 35.6. The molecule has 0 saturated heterocycles. The van der Waals surface area contributed by atoms with Crippen molar-refractivity contribution >= 4 is 52.5 Å². The molecule has 0 aromatic heterocycles. The molecule has 24 heteroatoms. The number of nitrogens with zero attached hydrogens (tertiary/aromatic N) is 2. The van der Waals surface area contributed by atoms with Crippen molar-refractivity contribution < 1.29 is 137 Å². The number of hydrogen-bond acceptors (Lipinski definition) is 15. The van der Waals surface area contributed by atoms with Crippen LogP contribution in [0.5, 0.6) is 0 Å². The van der Waals surface area contributed by atoms with Crippen LogP contribution in [0.25, 0.3) is 11.1 Å². The number of aliphatic hydroxyl groups is 1. The minimum Gasteiger partial charge on any atom is 0 e. The average Bonchev–Trinajstić information content (AvgIpc) is 3.40. The Morgan fingerprint density at radius 2 is 0.756 bits per heavy atom. The molecular formula is C54H77N4NaO15Si2Zn2. The van der Waals surface area contributed by atoms with Gasteiger partial charge in [-0.1, -0.05) is 129 Å². The van der Waals surface area contributed by atoms with E-state index in [2.05, 4.69) is 22.8 Å². The van der Waals surface area contributed by atoms with Gasteiger partial charge in [0.25, 0.3) is 23.8 Å². The zero-order valence-electron chi connectivity index (χ0n) is 46.2. The van der Waals surface area contributed by atoms with Crippen LogP contribution in [0, 0.1) is 22.7 Å². The van der Waals surface area contributed by atoms with E-state index in [1.807, 2.05) is 142 Å². The number of benzene rings is 4. The van der Waals surface area contributed by atoms with Gasteiger partial charge in [-0.05, 0) is 62.8 Å². The van der Waals surface area contributed by atoms with E-state index in [1.54, 1.807) is 28.3 Å². The number of carboxylic acids is 2. The SMILES string of the molecule is C.CC(=O)O.CC(=O)O.CCO.CCO[Si](CCCNC(=O)C(C#N)=C(c1ccccc1)c1ccccc1)(OCC)OCC.CO[Si](CCCNC(=O)C(C#N)=C(c1ccccc1)c1ccccc1)(OC)OC.[Na+].[OH-].[O]=[Zn].[Zn]. The second kappa shape index (κ2) is 53.0. The predicted molar refractivity (Wildman–Crippen MR) is 290 cm³/mol. The van der Waals surface area contributed by atoms with Gasteiger partial charge in [-0.2, -0.15) is 10.5 Å². The molecule has 0 aliphatic heterocycles. The molecule has 19 nitrogen and oxygen atoms in total. The molecule has 0 saturated carbocycles. The van der Waals surface area contributed by atoms with Crippen molar-refractivity contribution in [2.24, 2.45) is 0 Å². The number of aliphatic hydroxyl groups excluding tert-OH is 1. The maximum Gasteiger partial charge on any atom is 0 e. The van der Waals surface area contributed by atoms with Gasteiger partial charge < -0.3 is 58.0 Å². The maximum absolute atomic E-state index is 13.0. The van der Waals surface area contributed by atoms with Crippen molar-refractivity contribution in [3.8, 4) is 12.1 Å². The van der Waals surface area contributed by atoms with Crippen LogP contribution in [0.3, 0.4) is 0 Å². The van der Waals surface area contributed by atoms with Gasteiger partial charge >= 0.3 is 69.0 Å². The van der Waals surface area contributed by atoms with Crippen LogP contribution in [0.4, 0.5) is 0 Å². The molecule has 0 unspecified atom stereocenters. The van der Waals surface area contributed by atoms with E-state index >= 15 is 0 Å². The fourth-order valence-electron chi connectivity index (χ4n) is 6.52. The number of carboxylic acid groups (broad SMARTS) is 2. The summed E-state index contributed by atoms with van der Waals surface area (Å²) in [7, 11) is -0.771. The first kappa shape index (κ1) is 84.7. The Balaban J connectivity index is -0.000000261. The summed E-state index contributed by atoms with van der Waals surface area (Å²) in [5.74, 6) is -2.47. The van der Waals surface area contributed by atoms with Crippen molar-refractivity contribution in [1.82, 2.24) is 10.6 Å². The largest absolute Gasteiger partial charge is 0 e. The van der Waals surface area contributed by atoms with E-state index in [1.165, 1.54) is 0 Å². The van der Waals surface area contributed by atoms with Crippen LogP contribution in [0.1, 0.15) is 84.1 Å². The Hall–Kier alpha value is -4.62. The summed E-state index contributed by atoms with van der Waals surface area (Å²) in [5, 5.41) is 47.8. The Morgan fingerprint density at radius 1 is 0.538 bits per heavy atom. The molecule has 0 fully saturated rings. The van der Waals surface area contributed by atoms with Gasteiger partial charge in [0.1, 0.15) is 23.3 Å². The van der Waals surface area contributed by atoms with Crippen molar-refractivity contribution in [2.75, 3.05) is 60.8 Å². The number of nitriles is 2. The van der Waals surface area contributed by atoms with Crippen molar-refractivity contribution in [1.29, 1.82) is 10.5 Å². The zero-order chi connectivity index (χ0) is 56.2. The normalized spacial score (nSPS) is 9.46. The molecule has 4 rings (SSSR count). The molecule has 4 aromatic carbocycles. The molecule has 6 N–H and O–H groups in total. The summed E-state index contributed by atoms with van der Waals surface area (Å²) in [6.07, 6.45) is 1.24. The molecular weight excluding hydrogens is 1150 g/mol. The Morgan fingerprint density at radius 3 is 0.949 bits per heavy atom. The maximum atomic E-state index is 13.0. The number of nitrogens with one attached hydrogen (secondary N) is 2. The zero-order valence-corrected chi connectivity index (χ0v) is 56.1. The molecule has 0 radical (unpaired) electrons. The average molecular weight is 1230 g/mol. The second-order valence-electron chi connectivity index (χ2n) is 14.5. The molecule has 416 valence electrons. The van der Waals surface area contributed by atoms with Crippen LogP contribution >= 0.6 is 0 Å². The van der Waals surface area contributed by atoms with E-state index < -0.39 is 41.4 Å². The van der Waals surface area contributed by atoms with Crippen LogP contribution in [-0.2, 0) is 87.0 Å². The summed E-state index contributed by atoms with van der Waals surface area (Å²) in [5.41, 5.74) is 4.67. The minimum absolute atomic E-state index is 0. The molecule has 0 aliphatic carbocycles. The van der Waals surface area contributed by atoms with E-state index in [0.717, 1.165) is 36.1 Å². The van der Waals surface area contributed by atoms with Gasteiger partial charge in [0, 0.05) is 117 Å². The topological polar surface area (TPSA) is 303 Å². The number of carbonyl (C=O) groups excluding carboxylic acids is 2. The molecule has 78 heavy (non-hydrogen) atoms. The Kier molecular flexibility index (Phi) is 57.6. The van der Waals surface area contributed by atoms with Crippen LogP contribution in [0.2, 0.25) is 12.1 Å². The third kappa shape index (κ3) is 35.1. The monoisotopic (exact) mass is 1230 g/mol. The molecule has 0 atom stereocenters. The first-order valence-electron chi connectivity index (χ1n) is 23.5. The third-order valence-electron chi connectivity index (χ3n) is 9.34. The molecule has 0 aliphatic rings. The standard InChI is InChI=1S/C25H32N2O4Si.C22H26N2O4Si.2C2H4O2.C2H6O.CH4.Na.H2O.O.2Zn/c1-4-29-32(30-5-2,31-6-3)19-13-18-27-25(28)23(20-26)24(21-14-9-7-10-15-21)22-16-11-8-12-17-22;1-26-29(27-2,28-3)16-10-15-24-22(25)20(17-23)21(18-11-6-4-7-12-18)19-13-8-5-9-14-19;2*1-2(3)4;1-2-3;;;;;;/h7-12,14-17H,4-6,13,18-19H2,1-3H3,(H,27,28);4-9,11-14H,10,15-16H2,1-3H3,(H,24,25);2*1H3,(H,3,4);3H,2H2,1H3;1H4;;1H2;;;/q;;;;;;+1;;;;/p-1. The third-order valence-corrected chi connectivity index (χ3v) is 15.3. The van der Waals surface area contributed by atoms with Crippen molar-refractivity contribution in [2.45, 2.75) is 73.9 Å². The van der Waals surface area contributed by atoms with Gasteiger partial charge in [0.15, 0.2) is 0 Å². The number of aliphatic carboxylic acids is 2. The summed E-state index contributed by atoms with van der Waals surface area (Å²) < 4.78 is 42.1. The fourth-order valence-corrected chi connectivity index (χ4v) is 10.9. The number of carbonyl (C=O) groups is 4. The minimum atomic E-state index is -2.76. The Bertz CT molecular complexity index is 2220. The summed E-state index contributed by atoms with van der Waals surface area (Å²) in [4.78, 5) is 43.8. The van der Waals surface area contributed by atoms with Gasteiger partial charge in [-0.15, -0.1) is 0 Å². The molecule has 2 amide bonds. The van der Waals surface area contributed by atoms with Gasteiger partial charge in [-0.3, -0.25) is 19.2 Å². The van der Waals surface area contributed by atoms with Crippen LogP contribution in [0.15, 0.2) is 132 Å². The van der Waals surface area contributed by atoms with E-state index in [4.69, 9.17) is 55.0 Å². The number of hydrogen-bond donors (Lipinski definition) is 5. The van der Waals surface area contributed by atoms with Crippen LogP contribution < -0.4 is 40.2 Å². The van der Waals surface area contributed by atoms with E-state index in [0.29, 0.717) is 69.0 Å². The summed E-state index contributed by atoms with van der Waals surface area (Å²) in [6.45, 7) is 12.2. The quantitative estimate of drug-likeness (QED) is 0.0266. The van der Waals surface area contributed by atoms with Crippen molar-refractivity contribution in [3.63, 3.8) is 0 Å². The Labute approximate surface area is 508 Å². The van der Waals surface area contributed by atoms with Gasteiger partial charge in [-0.25, -0.2) is 0 Å². The van der Waals surface area contributed by atoms with Gasteiger partial charge in [0.05, 0.1) is 0 Å². The summed E-state index contributed by atoms with van der Waals surface area (Å²) >= 11 is 0.125. The van der Waals surface area contributed by atoms with E-state index in [9.17, 15) is 20.1 Å². The number of rotatable bonds is 23. The second-order valence-corrected chi connectivity index (χ2v) is 20.4. The van der Waals surface area contributed by atoms with E-state index in [-0.39, 0.29) is 97.9 Å². The molecule has 0 heterocycles. The van der Waals surface area contributed by atoms with Gasteiger partial charge in [0.2, 0.25) is 0 Å². The molecule has 0 bridgehead atoms. The smallest absolute Gasteiger partial charge is 0 e. The number of amides is 2. The predicted octanol–water partition coefficient (Wildman–Crippen LogP) is 5.48. The fraction of sp³-hybridized carbons (Fsp3) is 0.370.